The summed E-state index contributed by atoms with van der Waals surface area (Å²) >= 11 is 3.56. The largest absolute Gasteiger partial charge is 0.477 e. The normalized spacial score (nSPS) is 21.5. The van der Waals surface area contributed by atoms with Crippen LogP contribution in [-0.4, -0.2) is 39.8 Å². The third kappa shape index (κ3) is 4.33. The molecule has 0 unspecified atom stereocenters. The molecule has 1 aliphatic carbocycles. The van der Waals surface area contributed by atoms with Gasteiger partial charge in [-0.3, -0.25) is 9.78 Å². The highest BCUT2D eigenvalue weighted by atomic mass is 79.9. The van der Waals surface area contributed by atoms with Gasteiger partial charge in [0.15, 0.2) is 0 Å². The number of ether oxygens (including phenoxy) is 1. The summed E-state index contributed by atoms with van der Waals surface area (Å²) < 4.78 is 8.93. The number of aryl methyl sites for hydroxylation is 2. The SMILES string of the molecule is Cc1cc2cc(n1)-c1cnn(C)c1OCCC[C@@H](C1CC1)CN1/C(=N/C2=O)Nc2cc(Br)ccc21. The van der Waals surface area contributed by atoms with Crippen LogP contribution >= 0.6 is 15.9 Å². The average molecular weight is 535 g/mol. The van der Waals surface area contributed by atoms with E-state index < -0.39 is 0 Å². The number of halogens is 1. The highest BCUT2D eigenvalue weighted by Crippen LogP contribution is 2.42. The number of amides is 1. The van der Waals surface area contributed by atoms with E-state index >= 15 is 0 Å². The van der Waals surface area contributed by atoms with Gasteiger partial charge in [-0.05, 0) is 74.8 Å². The van der Waals surface area contributed by atoms with Gasteiger partial charge in [-0.1, -0.05) is 15.9 Å². The second-order valence-electron chi connectivity index (χ2n) is 9.60. The fourth-order valence-corrected chi connectivity index (χ4v) is 5.44. The Bertz CT molecular complexity index is 1350. The van der Waals surface area contributed by atoms with Gasteiger partial charge < -0.3 is 15.0 Å². The molecule has 0 saturated heterocycles. The Hall–Kier alpha value is -3.20. The molecule has 1 N–H and O–H groups in total. The third-order valence-corrected chi connectivity index (χ3v) is 7.48. The number of fused-ring (bicyclic) bond motifs is 7. The molecular weight excluding hydrogens is 508 g/mol. The van der Waals surface area contributed by atoms with Gasteiger partial charge in [-0.2, -0.15) is 10.1 Å². The van der Waals surface area contributed by atoms with Crippen molar-refractivity contribution >= 4 is 39.2 Å². The zero-order chi connectivity index (χ0) is 24.1. The van der Waals surface area contributed by atoms with Crippen molar-refractivity contribution in [2.45, 2.75) is 32.6 Å². The lowest BCUT2D eigenvalue weighted by atomic mass is 9.97. The number of carbonyl (C=O) groups excluding carboxylic acids is 1. The maximum absolute atomic E-state index is 13.4. The molecule has 1 saturated carbocycles. The van der Waals surface area contributed by atoms with Crippen LogP contribution in [0.2, 0.25) is 0 Å². The maximum atomic E-state index is 13.4. The first-order valence-corrected chi connectivity index (χ1v) is 12.9. The summed E-state index contributed by atoms with van der Waals surface area (Å²) in [5.74, 6) is 2.15. The van der Waals surface area contributed by atoms with Crippen LogP contribution in [0.15, 0.2) is 46.0 Å². The van der Waals surface area contributed by atoms with Crippen LogP contribution in [0, 0.1) is 18.8 Å². The van der Waals surface area contributed by atoms with E-state index in [1.807, 2.05) is 26.1 Å². The Labute approximate surface area is 212 Å². The summed E-state index contributed by atoms with van der Waals surface area (Å²) in [5.41, 5.74) is 4.67. The molecule has 1 aromatic carbocycles. The molecule has 4 heterocycles. The van der Waals surface area contributed by atoms with E-state index in [1.165, 1.54) is 12.8 Å². The minimum Gasteiger partial charge on any atom is -0.477 e. The Morgan fingerprint density at radius 2 is 2.00 bits per heavy atom. The zero-order valence-corrected chi connectivity index (χ0v) is 21.4. The molecular formula is C26H27BrN6O2. The molecule has 1 atom stereocenters. The number of carbonyl (C=O) groups is 1. The smallest absolute Gasteiger partial charge is 0.280 e. The Morgan fingerprint density at radius 3 is 2.83 bits per heavy atom. The Balaban J connectivity index is 1.45. The van der Waals surface area contributed by atoms with E-state index in [9.17, 15) is 4.79 Å². The molecule has 0 spiro atoms. The van der Waals surface area contributed by atoms with Gasteiger partial charge in [0.2, 0.25) is 11.8 Å². The summed E-state index contributed by atoms with van der Waals surface area (Å²) in [6.45, 7) is 3.30. The molecule has 2 aliphatic heterocycles. The van der Waals surface area contributed by atoms with Crippen molar-refractivity contribution in [2.75, 3.05) is 23.4 Å². The van der Waals surface area contributed by atoms with E-state index in [-0.39, 0.29) is 5.91 Å². The molecule has 0 radical (unpaired) electrons. The number of pyridine rings is 1. The quantitative estimate of drug-likeness (QED) is 0.463. The topological polar surface area (TPSA) is 84.6 Å². The summed E-state index contributed by atoms with van der Waals surface area (Å²) in [5, 5.41) is 7.78. The number of guanidine groups is 1. The first kappa shape index (κ1) is 22.3. The summed E-state index contributed by atoms with van der Waals surface area (Å²) in [7, 11) is 1.86. The predicted molar refractivity (Wildman–Crippen MR) is 139 cm³/mol. The number of anilines is 2. The lowest BCUT2D eigenvalue weighted by molar-refractivity contribution is 0.100. The van der Waals surface area contributed by atoms with Crippen molar-refractivity contribution < 1.29 is 9.53 Å². The molecule has 180 valence electrons. The van der Waals surface area contributed by atoms with Crippen molar-refractivity contribution in [1.82, 2.24) is 14.8 Å². The van der Waals surface area contributed by atoms with Crippen LogP contribution in [0.1, 0.15) is 41.7 Å². The maximum Gasteiger partial charge on any atom is 0.280 e. The molecule has 9 heteroatoms. The molecule has 3 aromatic rings. The van der Waals surface area contributed by atoms with Crippen LogP contribution in [0.4, 0.5) is 11.4 Å². The number of aliphatic imine (C=N–C) groups is 1. The number of rotatable bonds is 1. The van der Waals surface area contributed by atoms with Crippen LogP contribution in [0.3, 0.4) is 0 Å². The van der Waals surface area contributed by atoms with Gasteiger partial charge in [-0.15, -0.1) is 0 Å². The highest BCUT2D eigenvalue weighted by molar-refractivity contribution is 9.10. The first-order valence-electron chi connectivity index (χ1n) is 12.1. The number of nitrogens with zero attached hydrogens (tertiary/aromatic N) is 5. The van der Waals surface area contributed by atoms with Crippen LogP contribution in [0.5, 0.6) is 5.88 Å². The monoisotopic (exact) mass is 534 g/mol. The van der Waals surface area contributed by atoms with E-state index in [1.54, 1.807) is 23.0 Å². The Morgan fingerprint density at radius 1 is 1.14 bits per heavy atom. The molecule has 8 nitrogen and oxygen atoms in total. The molecule has 3 aliphatic rings. The Kier molecular flexibility index (Phi) is 5.59. The van der Waals surface area contributed by atoms with Crippen LogP contribution < -0.4 is 15.0 Å². The standard InChI is InChI=1S/C26H27BrN6O2/c1-15-10-18-11-21(29-15)20-13-28-32(2)25(20)35-9-3-4-17(16-5-6-16)14-33-23-8-7-19(27)12-22(23)30-26(33)31-24(18)34/h7-8,10-13,16-17H,3-6,9,14H2,1-2H3,(H,30,31,34)/t17-/m1/s1. The summed E-state index contributed by atoms with van der Waals surface area (Å²) in [6.07, 6.45) is 6.25. The minimum atomic E-state index is -0.305. The second-order valence-corrected chi connectivity index (χ2v) is 10.5. The first-order chi connectivity index (χ1) is 17.0. The predicted octanol–water partition coefficient (Wildman–Crippen LogP) is 5.18. The van der Waals surface area contributed by atoms with Crippen molar-refractivity contribution in [3.63, 3.8) is 0 Å². The van der Waals surface area contributed by atoms with Crippen molar-refractivity contribution in [2.24, 2.45) is 23.9 Å². The fourth-order valence-electron chi connectivity index (χ4n) is 5.08. The second kappa shape index (κ2) is 8.78. The highest BCUT2D eigenvalue weighted by Gasteiger charge is 2.36. The lowest BCUT2D eigenvalue weighted by Crippen LogP contribution is -2.36. The van der Waals surface area contributed by atoms with Crippen molar-refractivity contribution in [3.8, 4) is 17.1 Å². The molecule has 6 rings (SSSR count). The number of aromatic nitrogens is 3. The lowest BCUT2D eigenvalue weighted by Gasteiger charge is -2.25. The van der Waals surface area contributed by atoms with Crippen molar-refractivity contribution in [3.05, 3.63) is 52.3 Å². The molecule has 2 bridgehead atoms. The van der Waals surface area contributed by atoms with Gasteiger partial charge in [0.1, 0.15) is 0 Å². The van der Waals surface area contributed by atoms with Gasteiger partial charge >= 0.3 is 0 Å². The van der Waals surface area contributed by atoms with Gasteiger partial charge in [0, 0.05) is 29.3 Å². The van der Waals surface area contributed by atoms with E-state index in [0.717, 1.165) is 46.5 Å². The number of hydrogen-bond acceptors (Lipinski definition) is 6. The molecule has 1 amide bonds. The molecule has 2 aromatic heterocycles. The van der Waals surface area contributed by atoms with E-state index in [2.05, 4.69) is 47.3 Å². The van der Waals surface area contributed by atoms with Gasteiger partial charge in [0.25, 0.3) is 5.91 Å². The third-order valence-electron chi connectivity index (χ3n) is 6.98. The zero-order valence-electron chi connectivity index (χ0n) is 19.8. The fraction of sp³-hybridized carbons (Fsp3) is 0.385. The van der Waals surface area contributed by atoms with Gasteiger partial charge in [0.05, 0.1) is 35.4 Å². The van der Waals surface area contributed by atoms with Crippen LogP contribution in [0.25, 0.3) is 11.3 Å². The molecule has 1 fully saturated rings. The minimum absolute atomic E-state index is 0.305. The molecule has 35 heavy (non-hydrogen) atoms. The number of nitrogens with one attached hydrogen (secondary N) is 1. The van der Waals surface area contributed by atoms with Crippen LogP contribution in [-0.2, 0) is 7.05 Å². The number of hydrogen-bond donors (Lipinski definition) is 1. The summed E-state index contributed by atoms with van der Waals surface area (Å²) in [4.78, 5) is 24.9. The summed E-state index contributed by atoms with van der Waals surface area (Å²) in [6, 6.07) is 9.70. The van der Waals surface area contributed by atoms with E-state index in [4.69, 9.17) is 4.74 Å². The average Bonchev–Trinajstić information content (AvgIpc) is 3.53. The van der Waals surface area contributed by atoms with Crippen molar-refractivity contribution in [1.29, 1.82) is 0 Å². The van der Waals surface area contributed by atoms with E-state index in [0.29, 0.717) is 41.5 Å². The van der Waals surface area contributed by atoms with Gasteiger partial charge in [-0.25, -0.2) is 4.68 Å². The number of benzene rings is 1.